The Labute approximate surface area is 121 Å². The fourth-order valence-corrected chi connectivity index (χ4v) is 2.59. The second kappa shape index (κ2) is 9.49. The van der Waals surface area contributed by atoms with Gasteiger partial charge in [-0.15, -0.1) is 4.33 Å². The number of carbonyl (C=O) groups is 1. The van der Waals surface area contributed by atoms with E-state index >= 15 is 0 Å². The maximum atomic E-state index is 13.0. The van der Waals surface area contributed by atoms with Crippen molar-refractivity contribution in [3.05, 3.63) is 0 Å². The van der Waals surface area contributed by atoms with Crippen molar-refractivity contribution in [2.45, 2.75) is 56.6 Å². The fourth-order valence-electron chi connectivity index (χ4n) is 2.35. The highest BCUT2D eigenvalue weighted by atomic mass is 32.2. The third-order valence-corrected chi connectivity index (χ3v) is 3.88. The Morgan fingerprint density at radius 3 is 2.60 bits per heavy atom. The molecule has 0 spiro atoms. The molecule has 0 aromatic rings. The van der Waals surface area contributed by atoms with Crippen molar-refractivity contribution in [1.29, 1.82) is 0 Å². The van der Waals surface area contributed by atoms with E-state index in [1.54, 1.807) is 0 Å². The van der Waals surface area contributed by atoms with Crippen LogP contribution < -0.4 is 0 Å². The van der Waals surface area contributed by atoms with E-state index < -0.39 is 23.3 Å². The lowest BCUT2D eigenvalue weighted by Gasteiger charge is -2.21. The van der Waals surface area contributed by atoms with Gasteiger partial charge in [0.1, 0.15) is 12.0 Å². The van der Waals surface area contributed by atoms with Crippen molar-refractivity contribution in [3.63, 3.8) is 0 Å². The second-order valence-electron chi connectivity index (χ2n) is 4.88. The summed E-state index contributed by atoms with van der Waals surface area (Å²) in [6.07, 6.45) is 8.84. The summed E-state index contributed by atoms with van der Waals surface area (Å²) in [4.78, 5) is 11.0. The molecule has 1 saturated carbocycles. The van der Waals surface area contributed by atoms with Gasteiger partial charge < -0.3 is 4.74 Å². The average Bonchev–Trinajstić information content (AvgIpc) is 2.45. The zero-order valence-corrected chi connectivity index (χ0v) is 12.0. The van der Waals surface area contributed by atoms with Gasteiger partial charge in [-0.05, 0) is 18.8 Å². The van der Waals surface area contributed by atoms with Crippen LogP contribution in [-0.2, 0) is 18.9 Å². The van der Waals surface area contributed by atoms with Crippen LogP contribution in [0.25, 0.3) is 0 Å². The maximum Gasteiger partial charge on any atom is 0.415 e. The van der Waals surface area contributed by atoms with Crippen LogP contribution in [0.3, 0.4) is 0 Å². The molecule has 118 valence electrons. The molecule has 0 heterocycles. The normalized spacial score (nSPS) is 17.1. The Morgan fingerprint density at radius 2 is 1.95 bits per heavy atom. The lowest BCUT2D eigenvalue weighted by molar-refractivity contribution is -0.433. The van der Waals surface area contributed by atoms with Gasteiger partial charge in [-0.2, -0.15) is 8.78 Å². The standard InChI is InChI=1S/C12H20F2O5S/c13-12(14,20-19-18-16)11(15)17-9-5-4-8-10-6-2-1-3-7-10/h10,16H,1-9H2. The van der Waals surface area contributed by atoms with Crippen LogP contribution in [-0.4, -0.2) is 23.1 Å². The molecule has 8 heteroatoms. The van der Waals surface area contributed by atoms with Gasteiger partial charge in [0.25, 0.3) is 0 Å². The molecule has 0 aromatic heterocycles. The van der Waals surface area contributed by atoms with Gasteiger partial charge in [0.05, 0.1) is 6.61 Å². The van der Waals surface area contributed by atoms with Gasteiger partial charge in [0, 0.05) is 0 Å². The summed E-state index contributed by atoms with van der Waals surface area (Å²) in [5.41, 5.74) is 0. The number of carbonyl (C=O) groups excluding carboxylic acids is 1. The first kappa shape index (κ1) is 17.6. The summed E-state index contributed by atoms with van der Waals surface area (Å²) in [7, 11) is 0. The molecule has 0 unspecified atom stereocenters. The third kappa shape index (κ3) is 6.83. The van der Waals surface area contributed by atoms with Gasteiger partial charge in [0.2, 0.25) is 0 Å². The number of ether oxygens (including phenoxy) is 1. The van der Waals surface area contributed by atoms with E-state index in [2.05, 4.69) is 14.1 Å². The smallest absolute Gasteiger partial charge is 0.415 e. The summed E-state index contributed by atoms with van der Waals surface area (Å²) in [6.45, 7) is -0.0400. The van der Waals surface area contributed by atoms with Crippen LogP contribution in [0.4, 0.5) is 8.78 Å². The quantitative estimate of drug-likeness (QED) is 0.229. The van der Waals surface area contributed by atoms with Gasteiger partial charge in [0.15, 0.2) is 0 Å². The van der Waals surface area contributed by atoms with E-state index in [1.807, 2.05) is 0 Å². The fraction of sp³-hybridized carbons (Fsp3) is 0.917. The monoisotopic (exact) mass is 314 g/mol. The molecular formula is C12H20F2O5S. The van der Waals surface area contributed by atoms with Gasteiger partial charge >= 0.3 is 11.2 Å². The van der Waals surface area contributed by atoms with Crippen molar-refractivity contribution < 1.29 is 32.9 Å². The van der Waals surface area contributed by atoms with Gasteiger partial charge in [-0.25, -0.2) is 10.1 Å². The third-order valence-electron chi connectivity index (χ3n) is 3.37. The maximum absolute atomic E-state index is 13.0. The molecule has 1 rings (SSSR count). The van der Waals surface area contributed by atoms with Crippen molar-refractivity contribution in [1.82, 2.24) is 0 Å². The van der Waals surface area contributed by atoms with E-state index in [-0.39, 0.29) is 6.61 Å². The molecule has 0 aliphatic heterocycles. The number of hydrogen-bond acceptors (Lipinski definition) is 6. The van der Waals surface area contributed by atoms with E-state index in [4.69, 9.17) is 5.26 Å². The number of rotatable bonds is 9. The van der Waals surface area contributed by atoms with Crippen molar-refractivity contribution >= 4 is 18.0 Å². The summed E-state index contributed by atoms with van der Waals surface area (Å²) >= 11 is -0.607. The average molecular weight is 314 g/mol. The van der Waals surface area contributed by atoms with Crippen molar-refractivity contribution in [3.8, 4) is 0 Å². The van der Waals surface area contributed by atoms with Crippen LogP contribution in [0.5, 0.6) is 0 Å². The SMILES string of the molecule is O=C(OCCCCC1CCCCC1)C(F)(F)SOOO. The summed E-state index contributed by atoms with van der Waals surface area (Å²) in [6, 6.07) is 0. The van der Waals surface area contributed by atoms with Gasteiger partial charge in [-0.3, -0.25) is 0 Å². The Balaban J connectivity index is 2.06. The zero-order valence-electron chi connectivity index (χ0n) is 11.2. The number of unbranched alkanes of at least 4 members (excludes halogenated alkanes) is 1. The molecule has 20 heavy (non-hydrogen) atoms. The zero-order chi connectivity index (χ0) is 14.8. The molecule has 1 aliphatic rings. The Bertz CT molecular complexity index is 285. The predicted molar refractivity (Wildman–Crippen MR) is 68.7 cm³/mol. The lowest BCUT2D eigenvalue weighted by Crippen LogP contribution is -2.27. The number of esters is 1. The molecule has 5 nitrogen and oxygen atoms in total. The second-order valence-corrected chi connectivity index (χ2v) is 5.69. The molecule has 0 aromatic carbocycles. The summed E-state index contributed by atoms with van der Waals surface area (Å²) in [5.74, 6) is -0.969. The molecule has 1 N–H and O–H groups in total. The molecule has 0 amide bonds. The van der Waals surface area contributed by atoms with Crippen molar-refractivity contribution in [2.24, 2.45) is 5.92 Å². The largest absolute Gasteiger partial charge is 0.460 e. The first-order valence-electron chi connectivity index (χ1n) is 6.77. The van der Waals surface area contributed by atoms with E-state index in [9.17, 15) is 13.6 Å². The minimum absolute atomic E-state index is 0.0400. The lowest BCUT2D eigenvalue weighted by atomic mass is 9.86. The van der Waals surface area contributed by atoms with E-state index in [1.165, 1.54) is 32.1 Å². The molecule has 0 bridgehead atoms. The van der Waals surface area contributed by atoms with Gasteiger partial charge in [-0.1, -0.05) is 43.6 Å². The van der Waals surface area contributed by atoms with Crippen LogP contribution in [0.15, 0.2) is 0 Å². The Kier molecular flexibility index (Phi) is 8.35. The van der Waals surface area contributed by atoms with E-state index in [0.29, 0.717) is 6.42 Å². The number of alkyl halides is 2. The summed E-state index contributed by atoms with van der Waals surface area (Å²) in [5, 5.41) is 6.87. The highest BCUT2D eigenvalue weighted by molar-refractivity contribution is 7.96. The van der Waals surface area contributed by atoms with Crippen LogP contribution >= 0.6 is 12.0 Å². The first-order valence-corrected chi connectivity index (χ1v) is 7.51. The molecule has 0 radical (unpaired) electrons. The molecule has 1 aliphatic carbocycles. The molecule has 0 saturated heterocycles. The predicted octanol–water partition coefficient (Wildman–Crippen LogP) is 3.94. The Morgan fingerprint density at radius 1 is 1.25 bits per heavy atom. The highest BCUT2D eigenvalue weighted by Gasteiger charge is 2.44. The first-order chi connectivity index (χ1) is 9.56. The minimum atomic E-state index is -3.90. The molecule has 1 fully saturated rings. The highest BCUT2D eigenvalue weighted by Crippen LogP contribution is 2.31. The van der Waals surface area contributed by atoms with Crippen LogP contribution in [0.2, 0.25) is 0 Å². The number of hydrogen-bond donors (Lipinski definition) is 1. The Hall–Kier alpha value is -0.440. The van der Waals surface area contributed by atoms with Crippen LogP contribution in [0, 0.1) is 5.92 Å². The molecule has 0 atom stereocenters. The summed E-state index contributed by atoms with van der Waals surface area (Å²) < 4.78 is 34.0. The van der Waals surface area contributed by atoms with E-state index in [0.717, 1.165) is 18.8 Å². The molecular weight excluding hydrogens is 294 g/mol. The number of halogens is 2. The minimum Gasteiger partial charge on any atom is -0.460 e. The topological polar surface area (TPSA) is 65.0 Å². The van der Waals surface area contributed by atoms with Crippen molar-refractivity contribution in [2.75, 3.05) is 6.61 Å². The van der Waals surface area contributed by atoms with Crippen LogP contribution in [0.1, 0.15) is 51.4 Å².